The fourth-order valence-corrected chi connectivity index (χ4v) is 2.00. The first kappa shape index (κ1) is 12.8. The molecule has 100 valence electrons. The number of urea groups is 1. The van der Waals surface area contributed by atoms with Crippen LogP contribution in [0.5, 0.6) is 0 Å². The minimum atomic E-state index is -0.812. The zero-order chi connectivity index (χ0) is 13.1. The molecule has 1 saturated carbocycles. The van der Waals surface area contributed by atoms with Crippen molar-refractivity contribution < 1.29 is 19.5 Å². The van der Waals surface area contributed by atoms with E-state index in [1.807, 2.05) is 4.90 Å². The molecule has 0 unspecified atom stereocenters. The Morgan fingerprint density at radius 1 is 1.22 bits per heavy atom. The maximum Gasteiger partial charge on any atom is 0.321 e. The van der Waals surface area contributed by atoms with E-state index >= 15 is 0 Å². The third kappa shape index (κ3) is 3.99. The Labute approximate surface area is 105 Å². The number of rotatable bonds is 5. The second kappa shape index (κ2) is 5.34. The molecule has 1 heterocycles. The first-order valence-electron chi connectivity index (χ1n) is 6.07. The van der Waals surface area contributed by atoms with Gasteiger partial charge in [-0.3, -0.25) is 19.8 Å². The molecular formula is C11H17N3O4. The predicted molar refractivity (Wildman–Crippen MR) is 61.9 cm³/mol. The van der Waals surface area contributed by atoms with E-state index in [0.717, 1.165) is 12.8 Å². The molecular weight excluding hydrogens is 238 g/mol. The molecule has 3 N–H and O–H groups in total. The zero-order valence-electron chi connectivity index (χ0n) is 10.0. The topological polar surface area (TPSA) is 98.7 Å². The van der Waals surface area contributed by atoms with Gasteiger partial charge in [-0.25, -0.2) is 4.79 Å². The van der Waals surface area contributed by atoms with Gasteiger partial charge < -0.3 is 10.4 Å². The average molecular weight is 255 g/mol. The Morgan fingerprint density at radius 3 is 2.44 bits per heavy atom. The number of hydrogen-bond donors (Lipinski definition) is 3. The number of carboxylic acids is 1. The predicted octanol–water partition coefficient (Wildman–Crippen LogP) is -0.619. The first-order valence-corrected chi connectivity index (χ1v) is 6.07. The smallest absolute Gasteiger partial charge is 0.321 e. The van der Waals surface area contributed by atoms with Gasteiger partial charge in [0.1, 0.15) is 0 Å². The van der Waals surface area contributed by atoms with Crippen molar-refractivity contribution in [2.75, 3.05) is 19.6 Å². The lowest BCUT2D eigenvalue weighted by atomic mass is 9.96. The summed E-state index contributed by atoms with van der Waals surface area (Å²) in [4.78, 5) is 35.0. The summed E-state index contributed by atoms with van der Waals surface area (Å²) in [6.45, 7) is 1.35. The summed E-state index contributed by atoms with van der Waals surface area (Å²) in [5, 5.41) is 13.5. The summed E-state index contributed by atoms with van der Waals surface area (Å²) in [6.07, 6.45) is 2.09. The molecule has 7 nitrogen and oxygen atoms in total. The average Bonchev–Trinajstić information content (AvgIpc) is 2.97. The number of carboxylic acid groups (broad SMARTS) is 1. The van der Waals surface area contributed by atoms with E-state index in [2.05, 4.69) is 10.6 Å². The highest BCUT2D eigenvalue weighted by Crippen LogP contribution is 2.19. The second-order valence-corrected chi connectivity index (χ2v) is 4.95. The van der Waals surface area contributed by atoms with E-state index in [4.69, 9.17) is 5.11 Å². The van der Waals surface area contributed by atoms with E-state index in [0.29, 0.717) is 13.1 Å². The first-order chi connectivity index (χ1) is 8.52. The molecule has 18 heavy (non-hydrogen) atoms. The van der Waals surface area contributed by atoms with Crippen LogP contribution in [0.3, 0.4) is 0 Å². The molecule has 1 aliphatic carbocycles. The number of aliphatic carboxylic acids is 1. The molecule has 1 saturated heterocycles. The highest BCUT2D eigenvalue weighted by molar-refractivity contribution is 5.95. The van der Waals surface area contributed by atoms with E-state index in [9.17, 15) is 14.4 Å². The van der Waals surface area contributed by atoms with Crippen LogP contribution in [0.1, 0.15) is 19.3 Å². The molecule has 1 aliphatic heterocycles. The fourth-order valence-electron chi connectivity index (χ4n) is 2.00. The van der Waals surface area contributed by atoms with Crippen LogP contribution < -0.4 is 10.6 Å². The van der Waals surface area contributed by atoms with Crippen molar-refractivity contribution in [3.8, 4) is 0 Å². The summed E-state index contributed by atoms with van der Waals surface area (Å²) < 4.78 is 0. The van der Waals surface area contributed by atoms with Crippen LogP contribution in [0.4, 0.5) is 4.79 Å². The molecule has 2 fully saturated rings. The minimum Gasteiger partial charge on any atom is -0.481 e. The number of imide groups is 1. The molecule has 3 amide bonds. The Hall–Kier alpha value is -1.63. The lowest BCUT2D eigenvalue weighted by molar-refractivity contribution is -0.139. The van der Waals surface area contributed by atoms with Crippen molar-refractivity contribution in [3.05, 3.63) is 0 Å². The third-order valence-corrected chi connectivity index (χ3v) is 3.03. The molecule has 2 aliphatic rings. The van der Waals surface area contributed by atoms with Gasteiger partial charge in [0.25, 0.3) is 0 Å². The lowest BCUT2D eigenvalue weighted by Crippen LogP contribution is -2.53. The largest absolute Gasteiger partial charge is 0.481 e. The molecule has 0 aromatic heterocycles. The van der Waals surface area contributed by atoms with E-state index in [1.165, 1.54) is 0 Å². The summed E-state index contributed by atoms with van der Waals surface area (Å²) in [6, 6.07) is -0.216. The highest BCUT2D eigenvalue weighted by atomic mass is 16.4. The normalized spacial score (nSPS) is 20.0. The molecule has 0 bridgehead atoms. The third-order valence-electron chi connectivity index (χ3n) is 3.03. The van der Waals surface area contributed by atoms with Gasteiger partial charge in [-0.15, -0.1) is 0 Å². The molecule has 2 rings (SSSR count). The highest BCUT2D eigenvalue weighted by Gasteiger charge is 2.30. The van der Waals surface area contributed by atoms with Gasteiger partial charge in [-0.2, -0.15) is 0 Å². The van der Waals surface area contributed by atoms with Crippen molar-refractivity contribution in [2.45, 2.75) is 25.3 Å². The monoisotopic (exact) mass is 255 g/mol. The van der Waals surface area contributed by atoms with Gasteiger partial charge in [0.15, 0.2) is 0 Å². The van der Waals surface area contributed by atoms with Gasteiger partial charge in [-0.05, 0) is 18.8 Å². The van der Waals surface area contributed by atoms with E-state index in [-0.39, 0.29) is 30.8 Å². The molecule has 0 atom stereocenters. The number of amides is 3. The zero-order valence-corrected chi connectivity index (χ0v) is 10.0. The quantitative estimate of drug-likeness (QED) is 0.608. The van der Waals surface area contributed by atoms with Gasteiger partial charge in [-0.1, -0.05) is 0 Å². The molecule has 0 spiro atoms. The minimum absolute atomic E-state index is 0.121. The van der Waals surface area contributed by atoms with Gasteiger partial charge >= 0.3 is 12.0 Å². The summed E-state index contributed by atoms with van der Waals surface area (Å²) in [7, 11) is 0. The molecule has 7 heteroatoms. The van der Waals surface area contributed by atoms with Gasteiger partial charge in [0.2, 0.25) is 5.91 Å². The van der Waals surface area contributed by atoms with Crippen LogP contribution >= 0.6 is 0 Å². The van der Waals surface area contributed by atoms with Crippen molar-refractivity contribution in [3.63, 3.8) is 0 Å². The Bertz CT molecular complexity index is 361. The maximum absolute atomic E-state index is 11.5. The SMILES string of the molecule is O=C(O)CC1CN(CC(=O)NC(=O)NC2CC2)C1. The maximum atomic E-state index is 11.5. The number of carbonyl (C=O) groups is 3. The van der Waals surface area contributed by atoms with Crippen molar-refractivity contribution in [2.24, 2.45) is 5.92 Å². The van der Waals surface area contributed by atoms with Gasteiger partial charge in [0.05, 0.1) is 13.0 Å². The summed E-state index contributed by atoms with van der Waals surface area (Å²) in [5.41, 5.74) is 0. The van der Waals surface area contributed by atoms with Crippen LogP contribution in [0.2, 0.25) is 0 Å². The number of nitrogens with zero attached hydrogens (tertiary/aromatic N) is 1. The van der Waals surface area contributed by atoms with Gasteiger partial charge in [0, 0.05) is 19.1 Å². The van der Waals surface area contributed by atoms with Crippen molar-refractivity contribution in [1.29, 1.82) is 0 Å². The number of likely N-dealkylation sites (tertiary alicyclic amines) is 1. The number of hydrogen-bond acceptors (Lipinski definition) is 4. The van der Waals surface area contributed by atoms with Crippen LogP contribution in [-0.4, -0.2) is 53.6 Å². The molecule has 0 radical (unpaired) electrons. The lowest BCUT2D eigenvalue weighted by Gasteiger charge is -2.37. The Balaban J connectivity index is 1.57. The fraction of sp³-hybridized carbons (Fsp3) is 0.727. The summed E-state index contributed by atoms with van der Waals surface area (Å²) >= 11 is 0. The van der Waals surface area contributed by atoms with Crippen molar-refractivity contribution >= 4 is 17.9 Å². The standard InChI is InChI=1S/C11H17N3O4/c15-9(13-11(18)12-8-1-2-8)6-14-4-7(5-14)3-10(16)17/h7-8H,1-6H2,(H,16,17)(H2,12,13,15,18). The molecule has 0 aromatic carbocycles. The number of nitrogens with one attached hydrogen (secondary N) is 2. The van der Waals surface area contributed by atoms with E-state index < -0.39 is 12.0 Å². The second-order valence-electron chi connectivity index (χ2n) is 4.95. The Morgan fingerprint density at radius 2 is 1.89 bits per heavy atom. The van der Waals surface area contributed by atoms with Crippen LogP contribution in [0, 0.1) is 5.92 Å². The van der Waals surface area contributed by atoms with E-state index in [1.54, 1.807) is 0 Å². The summed E-state index contributed by atoms with van der Waals surface area (Å²) in [5.74, 6) is -1.04. The van der Waals surface area contributed by atoms with Crippen LogP contribution in [0.15, 0.2) is 0 Å². The van der Waals surface area contributed by atoms with Crippen LogP contribution in [-0.2, 0) is 9.59 Å². The number of carbonyl (C=O) groups excluding carboxylic acids is 2. The van der Waals surface area contributed by atoms with Crippen LogP contribution in [0.25, 0.3) is 0 Å². The molecule has 0 aromatic rings. The Kier molecular flexibility index (Phi) is 3.81. The van der Waals surface area contributed by atoms with Crippen molar-refractivity contribution in [1.82, 2.24) is 15.5 Å².